The lowest BCUT2D eigenvalue weighted by Crippen LogP contribution is -2.34. The molecule has 2 heterocycles. The van der Waals surface area contributed by atoms with Gasteiger partial charge in [0.25, 0.3) is 5.91 Å². The van der Waals surface area contributed by atoms with Crippen molar-refractivity contribution < 1.29 is 14.0 Å². The van der Waals surface area contributed by atoms with Crippen molar-refractivity contribution in [2.24, 2.45) is 0 Å². The fourth-order valence-electron chi connectivity index (χ4n) is 2.44. The van der Waals surface area contributed by atoms with E-state index >= 15 is 0 Å². The number of halogens is 1. The monoisotopic (exact) mass is 356 g/mol. The quantitative estimate of drug-likeness (QED) is 0.612. The zero-order valence-electron chi connectivity index (χ0n) is 15.1. The lowest BCUT2D eigenvalue weighted by molar-refractivity contribution is -0.0590. The van der Waals surface area contributed by atoms with Crippen LogP contribution in [0, 0.1) is 12.7 Å². The highest BCUT2D eigenvalue weighted by Gasteiger charge is 2.21. The molecule has 3 rings (SSSR count). The number of aryl methyl sites for hydroxylation is 1. The van der Waals surface area contributed by atoms with Gasteiger partial charge < -0.3 is 10.3 Å². The van der Waals surface area contributed by atoms with Crippen LogP contribution in [0.1, 0.15) is 36.8 Å². The molecule has 0 radical (unpaired) electrons. The Kier molecular flexibility index (Phi) is 4.65. The van der Waals surface area contributed by atoms with Crippen molar-refractivity contribution in [2.45, 2.75) is 33.3 Å². The first-order chi connectivity index (χ1) is 12.2. The maximum Gasteiger partial charge on any atom is 0.293 e. The molecule has 6 nitrogen and oxygen atoms in total. The van der Waals surface area contributed by atoms with Gasteiger partial charge in [0.1, 0.15) is 11.5 Å². The summed E-state index contributed by atoms with van der Waals surface area (Å²) in [5, 5.41) is 3.68. The van der Waals surface area contributed by atoms with Crippen molar-refractivity contribution in [1.82, 2.24) is 15.4 Å². The van der Waals surface area contributed by atoms with Crippen molar-refractivity contribution in [3.8, 4) is 0 Å². The summed E-state index contributed by atoms with van der Waals surface area (Å²) in [6, 6.07) is 6.60. The van der Waals surface area contributed by atoms with Gasteiger partial charge in [-0.25, -0.2) is 9.87 Å². The third-order valence-electron chi connectivity index (χ3n) is 3.66. The molecule has 1 amide bonds. The standard InChI is InChI=1S/C19H21FN4O2/c1-11-5-6-15(13(20)9-11)23-16-12-10-21-8-7-14(12)22-17(16)18(25)24-26-19(2,3)4/h5-10,22-23H,1-4H3,(H,24,25). The second-order valence-corrected chi connectivity index (χ2v) is 7.05. The molecule has 1 aromatic carbocycles. The third-order valence-corrected chi connectivity index (χ3v) is 3.66. The number of nitrogens with zero attached hydrogens (tertiary/aromatic N) is 1. The number of rotatable bonds is 4. The Morgan fingerprint density at radius 2 is 2.04 bits per heavy atom. The van der Waals surface area contributed by atoms with E-state index in [-0.39, 0.29) is 11.4 Å². The molecule has 2 aromatic heterocycles. The van der Waals surface area contributed by atoms with E-state index in [4.69, 9.17) is 4.84 Å². The first-order valence-corrected chi connectivity index (χ1v) is 8.22. The number of hydrogen-bond acceptors (Lipinski definition) is 4. The highest BCUT2D eigenvalue weighted by molar-refractivity contribution is 6.08. The molecular weight excluding hydrogens is 335 g/mol. The second-order valence-electron chi connectivity index (χ2n) is 7.05. The second kappa shape index (κ2) is 6.76. The first kappa shape index (κ1) is 17.9. The lowest BCUT2D eigenvalue weighted by atomic mass is 10.2. The van der Waals surface area contributed by atoms with Crippen LogP contribution in [0.5, 0.6) is 0 Å². The van der Waals surface area contributed by atoms with Gasteiger partial charge in [-0.2, -0.15) is 0 Å². The Bertz CT molecular complexity index is 960. The zero-order chi connectivity index (χ0) is 18.9. The summed E-state index contributed by atoms with van der Waals surface area (Å²) < 4.78 is 14.3. The fourth-order valence-corrected chi connectivity index (χ4v) is 2.44. The van der Waals surface area contributed by atoms with Gasteiger partial charge in [-0.15, -0.1) is 0 Å². The Balaban J connectivity index is 2.00. The number of anilines is 2. The van der Waals surface area contributed by atoms with Crippen LogP contribution in [0.3, 0.4) is 0 Å². The molecule has 0 aliphatic rings. The Morgan fingerprint density at radius 1 is 1.27 bits per heavy atom. The van der Waals surface area contributed by atoms with Gasteiger partial charge in [-0.1, -0.05) is 6.07 Å². The minimum Gasteiger partial charge on any atom is -0.351 e. The van der Waals surface area contributed by atoms with Crippen molar-refractivity contribution in [3.63, 3.8) is 0 Å². The average Bonchev–Trinajstić information content (AvgIpc) is 2.93. The minimum absolute atomic E-state index is 0.234. The predicted octanol–water partition coefficient (Wildman–Crippen LogP) is 4.21. The summed E-state index contributed by atoms with van der Waals surface area (Å²) in [5.41, 5.74) is 4.34. The lowest BCUT2D eigenvalue weighted by Gasteiger charge is -2.19. The number of aromatic nitrogens is 2. The predicted molar refractivity (Wildman–Crippen MR) is 98.8 cm³/mol. The number of fused-ring (bicyclic) bond motifs is 1. The number of carbonyl (C=O) groups excluding carboxylic acids is 1. The normalized spacial score (nSPS) is 11.6. The molecule has 7 heteroatoms. The number of amides is 1. The van der Waals surface area contributed by atoms with Crippen LogP contribution in [0.2, 0.25) is 0 Å². The van der Waals surface area contributed by atoms with Crippen molar-refractivity contribution in [2.75, 3.05) is 5.32 Å². The molecule has 3 N–H and O–H groups in total. The van der Waals surface area contributed by atoms with Gasteiger partial charge in [-0.3, -0.25) is 14.6 Å². The largest absolute Gasteiger partial charge is 0.351 e. The Morgan fingerprint density at radius 3 is 2.73 bits per heavy atom. The summed E-state index contributed by atoms with van der Waals surface area (Å²) in [6.45, 7) is 7.28. The molecule has 3 aromatic rings. The van der Waals surface area contributed by atoms with Crippen molar-refractivity contribution in [1.29, 1.82) is 0 Å². The average molecular weight is 356 g/mol. The van der Waals surface area contributed by atoms with Gasteiger partial charge in [0.05, 0.1) is 22.5 Å². The summed E-state index contributed by atoms with van der Waals surface area (Å²) in [5.74, 6) is -0.869. The van der Waals surface area contributed by atoms with E-state index in [0.29, 0.717) is 16.6 Å². The van der Waals surface area contributed by atoms with E-state index in [1.807, 2.05) is 27.7 Å². The van der Waals surface area contributed by atoms with Gasteiger partial charge in [0.2, 0.25) is 0 Å². The molecule has 0 atom stereocenters. The summed E-state index contributed by atoms with van der Waals surface area (Å²) >= 11 is 0. The number of hydroxylamine groups is 1. The summed E-state index contributed by atoms with van der Waals surface area (Å²) in [6.07, 6.45) is 3.23. The van der Waals surface area contributed by atoms with Gasteiger partial charge in [0, 0.05) is 17.8 Å². The van der Waals surface area contributed by atoms with E-state index < -0.39 is 17.3 Å². The number of nitrogens with one attached hydrogen (secondary N) is 3. The van der Waals surface area contributed by atoms with Crippen LogP contribution >= 0.6 is 0 Å². The SMILES string of the molecule is Cc1ccc(Nc2c(C(=O)NOC(C)(C)C)[nH]c3ccncc23)c(F)c1. The van der Waals surface area contributed by atoms with E-state index in [2.05, 4.69) is 20.8 Å². The van der Waals surface area contributed by atoms with Crippen molar-refractivity contribution >= 4 is 28.2 Å². The summed E-state index contributed by atoms with van der Waals surface area (Å²) in [4.78, 5) is 25.1. The van der Waals surface area contributed by atoms with E-state index in [9.17, 15) is 9.18 Å². The molecule has 0 aliphatic carbocycles. The summed E-state index contributed by atoms with van der Waals surface area (Å²) in [7, 11) is 0. The molecule has 136 valence electrons. The maximum atomic E-state index is 14.3. The third kappa shape index (κ3) is 3.83. The smallest absolute Gasteiger partial charge is 0.293 e. The molecule has 0 spiro atoms. The molecule has 0 fully saturated rings. The number of pyridine rings is 1. The highest BCUT2D eigenvalue weighted by atomic mass is 19.1. The van der Waals surface area contributed by atoms with Crippen LogP contribution in [-0.4, -0.2) is 21.5 Å². The number of aromatic amines is 1. The van der Waals surface area contributed by atoms with Crippen LogP contribution in [-0.2, 0) is 4.84 Å². The zero-order valence-corrected chi connectivity index (χ0v) is 15.1. The van der Waals surface area contributed by atoms with Gasteiger partial charge in [-0.05, 0) is 51.5 Å². The first-order valence-electron chi connectivity index (χ1n) is 8.22. The number of carbonyl (C=O) groups is 1. The number of H-pyrrole nitrogens is 1. The molecule has 0 saturated carbocycles. The van der Waals surface area contributed by atoms with Crippen LogP contribution in [0.4, 0.5) is 15.8 Å². The molecular formula is C19H21FN4O2. The molecule has 0 bridgehead atoms. The fraction of sp³-hybridized carbons (Fsp3) is 0.263. The topological polar surface area (TPSA) is 79.0 Å². The van der Waals surface area contributed by atoms with Crippen LogP contribution in [0.25, 0.3) is 10.9 Å². The van der Waals surface area contributed by atoms with Crippen LogP contribution < -0.4 is 10.8 Å². The number of hydrogen-bond donors (Lipinski definition) is 3. The van der Waals surface area contributed by atoms with Gasteiger partial charge >= 0.3 is 0 Å². The maximum absolute atomic E-state index is 14.3. The number of benzene rings is 1. The van der Waals surface area contributed by atoms with Crippen molar-refractivity contribution in [3.05, 3.63) is 53.7 Å². The van der Waals surface area contributed by atoms with Gasteiger partial charge in [0.15, 0.2) is 0 Å². The highest BCUT2D eigenvalue weighted by Crippen LogP contribution is 2.31. The Labute approximate surface area is 150 Å². The van der Waals surface area contributed by atoms with E-state index in [0.717, 1.165) is 5.56 Å². The molecule has 0 aliphatic heterocycles. The molecule has 0 saturated heterocycles. The minimum atomic E-state index is -0.542. The Hall–Kier alpha value is -2.93. The molecule has 26 heavy (non-hydrogen) atoms. The van der Waals surface area contributed by atoms with Crippen LogP contribution in [0.15, 0.2) is 36.7 Å². The van der Waals surface area contributed by atoms with E-state index in [1.54, 1.807) is 30.6 Å². The van der Waals surface area contributed by atoms with E-state index in [1.165, 1.54) is 6.07 Å². The molecule has 0 unspecified atom stereocenters.